The van der Waals surface area contributed by atoms with E-state index in [4.69, 9.17) is 11.0 Å². The number of nitrogens with two attached hydrogens (primary N) is 1. The molecule has 2 N–H and O–H groups in total. The molecule has 0 atom stereocenters. The molecule has 0 bridgehead atoms. The van der Waals surface area contributed by atoms with Gasteiger partial charge < -0.3 is 5.73 Å². The van der Waals surface area contributed by atoms with Crippen LogP contribution < -0.4 is 5.73 Å². The van der Waals surface area contributed by atoms with Gasteiger partial charge in [0.05, 0.1) is 6.07 Å². The fourth-order valence-electron chi connectivity index (χ4n) is 0.613. The van der Waals surface area contributed by atoms with E-state index in [0.29, 0.717) is 11.6 Å². The Balaban J connectivity index is 3.66. The summed E-state index contributed by atoms with van der Waals surface area (Å²) in [5, 5.41) is 8.14. The van der Waals surface area contributed by atoms with E-state index in [-0.39, 0.29) is 0 Å². The van der Waals surface area contributed by atoms with Crippen LogP contribution in [0.2, 0.25) is 0 Å². The van der Waals surface area contributed by atoms with Gasteiger partial charge in [-0.15, -0.1) is 0 Å². The van der Waals surface area contributed by atoms with Crippen molar-refractivity contribution >= 4 is 0 Å². The maximum atomic E-state index is 8.14. The third-order valence-electron chi connectivity index (χ3n) is 0.894. The van der Waals surface area contributed by atoms with E-state index < -0.39 is 0 Å². The molecule has 0 unspecified atom stereocenters. The van der Waals surface area contributed by atoms with Crippen LogP contribution >= 0.6 is 0 Å². The number of allylic oxidation sites excluding steroid dienone is 2. The molecule has 0 aliphatic carbocycles. The van der Waals surface area contributed by atoms with E-state index in [0.717, 1.165) is 6.42 Å². The molecule has 0 saturated heterocycles. The molecule has 2 nitrogen and oxygen atoms in total. The van der Waals surface area contributed by atoms with Crippen LogP contribution in [0.4, 0.5) is 0 Å². The van der Waals surface area contributed by atoms with Gasteiger partial charge in [-0.2, -0.15) is 5.26 Å². The number of nitriles is 1. The van der Waals surface area contributed by atoms with Crippen molar-refractivity contribution in [1.29, 1.82) is 5.26 Å². The van der Waals surface area contributed by atoms with Crippen LogP contribution in [0.3, 0.4) is 0 Å². The molecule has 2 heteroatoms. The SMILES string of the molecule is CC(C)C/C(N)=C\C#N. The number of hydrogen-bond acceptors (Lipinski definition) is 2. The molecule has 0 saturated carbocycles. The summed E-state index contributed by atoms with van der Waals surface area (Å²) in [7, 11) is 0. The monoisotopic (exact) mass is 124 g/mol. The molecule has 0 rings (SSSR count). The van der Waals surface area contributed by atoms with E-state index in [1.807, 2.05) is 6.07 Å². The van der Waals surface area contributed by atoms with Crippen LogP contribution in [0.1, 0.15) is 20.3 Å². The van der Waals surface area contributed by atoms with Gasteiger partial charge >= 0.3 is 0 Å². The van der Waals surface area contributed by atoms with Crippen molar-refractivity contribution < 1.29 is 0 Å². The number of hydrogen-bond donors (Lipinski definition) is 1. The Morgan fingerprint density at radius 1 is 1.78 bits per heavy atom. The average Bonchev–Trinajstić information content (AvgIpc) is 1.63. The molecule has 0 aliphatic heterocycles. The average molecular weight is 124 g/mol. The highest BCUT2D eigenvalue weighted by atomic mass is 14.6. The van der Waals surface area contributed by atoms with Gasteiger partial charge in [-0.25, -0.2) is 0 Å². The normalized spacial score (nSPS) is 11.6. The predicted molar refractivity (Wildman–Crippen MR) is 37.3 cm³/mol. The molecular weight excluding hydrogens is 112 g/mol. The third kappa shape index (κ3) is 4.89. The number of nitrogens with zero attached hydrogens (tertiary/aromatic N) is 1. The van der Waals surface area contributed by atoms with Crippen molar-refractivity contribution in [2.75, 3.05) is 0 Å². The molecule has 0 spiro atoms. The van der Waals surface area contributed by atoms with E-state index >= 15 is 0 Å². The highest BCUT2D eigenvalue weighted by molar-refractivity contribution is 5.10. The van der Waals surface area contributed by atoms with Crippen molar-refractivity contribution in [2.45, 2.75) is 20.3 Å². The minimum atomic E-state index is 0.537. The molecular formula is C7H12N2. The minimum absolute atomic E-state index is 0.537. The fourth-order valence-corrected chi connectivity index (χ4v) is 0.613. The Bertz CT molecular complexity index is 139. The lowest BCUT2D eigenvalue weighted by atomic mass is 10.1. The maximum absolute atomic E-state index is 8.14. The molecule has 0 aliphatic rings. The second-order valence-corrected chi connectivity index (χ2v) is 2.45. The summed E-state index contributed by atoms with van der Waals surface area (Å²) < 4.78 is 0. The molecule has 0 aromatic rings. The van der Waals surface area contributed by atoms with Crippen molar-refractivity contribution in [1.82, 2.24) is 0 Å². The second kappa shape index (κ2) is 3.96. The van der Waals surface area contributed by atoms with Gasteiger partial charge in [-0.3, -0.25) is 0 Å². The fraction of sp³-hybridized carbons (Fsp3) is 0.571. The topological polar surface area (TPSA) is 49.8 Å². The zero-order valence-corrected chi connectivity index (χ0v) is 5.89. The largest absolute Gasteiger partial charge is 0.401 e. The lowest BCUT2D eigenvalue weighted by Gasteiger charge is -2.01. The Morgan fingerprint density at radius 3 is 2.67 bits per heavy atom. The van der Waals surface area contributed by atoms with E-state index in [2.05, 4.69) is 13.8 Å². The second-order valence-electron chi connectivity index (χ2n) is 2.45. The molecule has 0 radical (unpaired) electrons. The molecule has 0 fully saturated rings. The van der Waals surface area contributed by atoms with Gasteiger partial charge in [0.2, 0.25) is 0 Å². The first-order valence-corrected chi connectivity index (χ1v) is 3.01. The first-order valence-electron chi connectivity index (χ1n) is 3.01. The standard InChI is InChI=1S/C7H12N2/c1-6(2)5-7(9)3-4-8/h3,6H,5,9H2,1-2H3/b7-3+. The van der Waals surface area contributed by atoms with Crippen molar-refractivity contribution in [3.05, 3.63) is 11.8 Å². The Hall–Kier alpha value is -0.970. The van der Waals surface area contributed by atoms with Gasteiger partial charge in [-0.1, -0.05) is 13.8 Å². The first kappa shape index (κ1) is 8.03. The molecule has 50 valence electrons. The first-order chi connectivity index (χ1) is 4.16. The molecule has 0 aromatic carbocycles. The van der Waals surface area contributed by atoms with E-state index in [9.17, 15) is 0 Å². The number of rotatable bonds is 2. The zero-order chi connectivity index (χ0) is 7.28. The van der Waals surface area contributed by atoms with Crippen molar-refractivity contribution in [3.8, 4) is 6.07 Å². The highest BCUT2D eigenvalue weighted by Crippen LogP contribution is 2.03. The summed E-state index contributed by atoms with van der Waals surface area (Å²) >= 11 is 0. The smallest absolute Gasteiger partial charge is 0.0930 e. The molecule has 0 amide bonds. The van der Waals surface area contributed by atoms with Crippen LogP contribution in [0.5, 0.6) is 0 Å². The van der Waals surface area contributed by atoms with E-state index in [1.165, 1.54) is 6.08 Å². The van der Waals surface area contributed by atoms with Gasteiger partial charge in [-0.05, 0) is 12.3 Å². The Kier molecular flexibility index (Phi) is 3.54. The zero-order valence-electron chi connectivity index (χ0n) is 5.89. The predicted octanol–water partition coefficient (Wildman–Crippen LogP) is 1.40. The lowest BCUT2D eigenvalue weighted by Crippen LogP contribution is -2.00. The Labute approximate surface area is 56.0 Å². The minimum Gasteiger partial charge on any atom is -0.401 e. The van der Waals surface area contributed by atoms with E-state index in [1.54, 1.807) is 0 Å². The summed E-state index contributed by atoms with van der Waals surface area (Å²) in [6, 6.07) is 1.89. The third-order valence-corrected chi connectivity index (χ3v) is 0.894. The van der Waals surface area contributed by atoms with Crippen LogP contribution in [0.15, 0.2) is 11.8 Å². The van der Waals surface area contributed by atoms with Gasteiger partial charge in [0.15, 0.2) is 0 Å². The van der Waals surface area contributed by atoms with Gasteiger partial charge in [0.1, 0.15) is 0 Å². The highest BCUT2D eigenvalue weighted by Gasteiger charge is 1.94. The van der Waals surface area contributed by atoms with Gasteiger partial charge in [0, 0.05) is 11.8 Å². The Morgan fingerprint density at radius 2 is 2.33 bits per heavy atom. The van der Waals surface area contributed by atoms with Crippen molar-refractivity contribution in [2.24, 2.45) is 11.7 Å². The maximum Gasteiger partial charge on any atom is 0.0930 e. The summed E-state index contributed by atoms with van der Waals surface area (Å²) in [5.41, 5.74) is 6.10. The molecule has 0 aromatic heterocycles. The summed E-state index contributed by atoms with van der Waals surface area (Å²) in [4.78, 5) is 0. The summed E-state index contributed by atoms with van der Waals surface area (Å²) in [6.45, 7) is 4.14. The van der Waals surface area contributed by atoms with Crippen LogP contribution in [0.25, 0.3) is 0 Å². The quantitative estimate of drug-likeness (QED) is 0.565. The molecule has 0 heterocycles. The van der Waals surface area contributed by atoms with Crippen molar-refractivity contribution in [3.63, 3.8) is 0 Å². The molecule has 9 heavy (non-hydrogen) atoms. The van der Waals surface area contributed by atoms with Gasteiger partial charge in [0.25, 0.3) is 0 Å². The summed E-state index contributed by atoms with van der Waals surface area (Å²) in [5.74, 6) is 0.537. The summed E-state index contributed by atoms with van der Waals surface area (Å²) in [6.07, 6.45) is 2.20. The van der Waals surface area contributed by atoms with Crippen LogP contribution in [-0.2, 0) is 0 Å². The lowest BCUT2D eigenvalue weighted by molar-refractivity contribution is 0.638. The van der Waals surface area contributed by atoms with Crippen LogP contribution in [-0.4, -0.2) is 0 Å². The van der Waals surface area contributed by atoms with Crippen LogP contribution in [0, 0.1) is 17.2 Å².